The van der Waals surface area contributed by atoms with E-state index in [1.54, 1.807) is 0 Å². The second-order valence-corrected chi connectivity index (χ2v) is 6.96. The molecule has 0 atom stereocenters. The molecule has 11 heteroatoms. The van der Waals surface area contributed by atoms with Crippen molar-refractivity contribution in [3.8, 4) is 11.5 Å². The molecule has 31 heavy (non-hydrogen) atoms. The van der Waals surface area contributed by atoms with Crippen LogP contribution in [0.25, 0.3) is 17.2 Å². The molecule has 3 aromatic heterocycles. The van der Waals surface area contributed by atoms with Gasteiger partial charge in [-0.2, -0.15) is 0 Å². The molecule has 0 bridgehead atoms. The predicted molar refractivity (Wildman–Crippen MR) is 104 cm³/mol. The first kappa shape index (κ1) is 20.7. The molecular formula is C20H13ClF3N5O2. The van der Waals surface area contributed by atoms with Crippen molar-refractivity contribution in [2.24, 2.45) is 0 Å². The van der Waals surface area contributed by atoms with Crippen LogP contribution < -0.4 is 0 Å². The zero-order valence-corrected chi connectivity index (χ0v) is 16.9. The summed E-state index contributed by atoms with van der Waals surface area (Å²) in [4.78, 5) is 28.4. The second-order valence-electron chi connectivity index (χ2n) is 6.60. The van der Waals surface area contributed by atoms with Crippen molar-refractivity contribution >= 4 is 23.2 Å². The van der Waals surface area contributed by atoms with E-state index in [1.165, 1.54) is 30.8 Å². The van der Waals surface area contributed by atoms with Gasteiger partial charge in [-0.1, -0.05) is 11.6 Å². The smallest absolute Gasteiger partial charge is 0.356 e. The highest BCUT2D eigenvalue weighted by molar-refractivity contribution is 6.29. The highest BCUT2D eigenvalue weighted by atomic mass is 35.5. The molecule has 0 saturated carbocycles. The van der Waals surface area contributed by atoms with Gasteiger partial charge in [-0.05, 0) is 30.2 Å². The number of benzene rings is 1. The Morgan fingerprint density at radius 2 is 1.87 bits per heavy atom. The maximum Gasteiger partial charge on any atom is 0.356 e. The number of carbonyl (C=O) groups is 1. The van der Waals surface area contributed by atoms with E-state index in [9.17, 15) is 18.0 Å². The lowest BCUT2D eigenvalue weighted by Gasteiger charge is -2.10. The topological polar surface area (TPSA) is 82.3 Å². The monoisotopic (exact) mass is 447 g/mol. The third-order valence-electron chi connectivity index (χ3n) is 4.57. The highest BCUT2D eigenvalue weighted by Crippen LogP contribution is 2.24. The van der Waals surface area contributed by atoms with Gasteiger partial charge >= 0.3 is 5.97 Å². The van der Waals surface area contributed by atoms with Gasteiger partial charge in [0, 0.05) is 12.6 Å². The minimum atomic E-state index is -0.818. The normalized spacial score (nSPS) is 11.2. The summed E-state index contributed by atoms with van der Waals surface area (Å²) < 4.78 is 48.1. The summed E-state index contributed by atoms with van der Waals surface area (Å²) >= 11 is 5.75. The molecule has 0 N–H and O–H groups in total. The Kier molecular flexibility index (Phi) is 5.32. The van der Waals surface area contributed by atoms with Crippen molar-refractivity contribution in [3.63, 3.8) is 0 Å². The Morgan fingerprint density at radius 1 is 1.10 bits per heavy atom. The first-order valence-corrected chi connectivity index (χ1v) is 9.24. The van der Waals surface area contributed by atoms with Crippen LogP contribution in [0.3, 0.4) is 0 Å². The summed E-state index contributed by atoms with van der Waals surface area (Å²) in [6.07, 6.45) is 3.39. The van der Waals surface area contributed by atoms with Gasteiger partial charge in [0.05, 0.1) is 25.2 Å². The number of imidazole rings is 1. The fourth-order valence-corrected chi connectivity index (χ4v) is 3.14. The minimum absolute atomic E-state index is 0.0328. The van der Waals surface area contributed by atoms with E-state index < -0.39 is 28.6 Å². The van der Waals surface area contributed by atoms with Crippen LogP contribution in [-0.2, 0) is 11.2 Å². The van der Waals surface area contributed by atoms with Crippen molar-refractivity contribution in [2.75, 3.05) is 7.11 Å². The van der Waals surface area contributed by atoms with Crippen LogP contribution in [0.15, 0.2) is 30.7 Å². The van der Waals surface area contributed by atoms with E-state index in [1.807, 2.05) is 0 Å². The van der Waals surface area contributed by atoms with Crippen LogP contribution in [0.1, 0.15) is 27.3 Å². The average molecular weight is 448 g/mol. The van der Waals surface area contributed by atoms with Gasteiger partial charge in [0.15, 0.2) is 28.1 Å². The number of carbonyl (C=O) groups excluding carboxylic acids is 1. The average Bonchev–Trinajstić information content (AvgIpc) is 3.17. The Morgan fingerprint density at radius 3 is 2.58 bits per heavy atom. The van der Waals surface area contributed by atoms with Crippen LogP contribution in [0.2, 0.25) is 5.15 Å². The summed E-state index contributed by atoms with van der Waals surface area (Å²) in [5.74, 6) is -2.72. The molecule has 0 fully saturated rings. The largest absolute Gasteiger partial charge is 0.464 e. The van der Waals surface area contributed by atoms with Crippen LogP contribution >= 0.6 is 11.6 Å². The van der Waals surface area contributed by atoms with Gasteiger partial charge < -0.3 is 4.74 Å². The van der Waals surface area contributed by atoms with Gasteiger partial charge in [0.25, 0.3) is 0 Å². The van der Waals surface area contributed by atoms with E-state index in [4.69, 9.17) is 16.3 Å². The van der Waals surface area contributed by atoms with Gasteiger partial charge in [-0.3, -0.25) is 4.40 Å². The molecule has 3 heterocycles. The van der Waals surface area contributed by atoms with Gasteiger partial charge in [0.2, 0.25) is 0 Å². The summed E-state index contributed by atoms with van der Waals surface area (Å²) in [7, 11) is 1.21. The number of fused-ring (bicyclic) bond motifs is 1. The predicted octanol–water partition coefficient (Wildman–Crippen LogP) is 3.94. The van der Waals surface area contributed by atoms with Crippen LogP contribution in [0.5, 0.6) is 0 Å². The molecule has 4 rings (SSSR count). The fraction of sp³-hybridized carbons (Fsp3) is 0.150. The lowest BCUT2D eigenvalue weighted by Crippen LogP contribution is -2.09. The van der Waals surface area contributed by atoms with Crippen molar-refractivity contribution in [3.05, 3.63) is 75.8 Å². The molecule has 4 aromatic rings. The van der Waals surface area contributed by atoms with Crippen LogP contribution in [0, 0.1) is 24.4 Å². The third kappa shape index (κ3) is 3.81. The molecule has 0 spiro atoms. The summed E-state index contributed by atoms with van der Waals surface area (Å²) in [5.41, 5.74) is 0.801. The molecular weight excluding hydrogens is 435 g/mol. The molecule has 7 nitrogen and oxygen atoms in total. The maximum absolute atomic E-state index is 14.4. The first-order chi connectivity index (χ1) is 14.8. The molecule has 158 valence electrons. The standard InChI is InChI=1S/C20H13ClF3N5O2/c1-9-3-12(23)10(4-11(9)22)5-14-19-26-7-16(20(30)31-2)29(19)8-15(27-14)18-25-6-13(24)17(21)28-18/h3-4,6-8H,5H2,1-2H3. The number of aryl methyl sites for hydroxylation is 1. The lowest BCUT2D eigenvalue weighted by atomic mass is 10.1. The van der Waals surface area contributed by atoms with E-state index in [0.717, 1.165) is 18.3 Å². The molecule has 0 aliphatic carbocycles. The van der Waals surface area contributed by atoms with Crippen LogP contribution in [0.4, 0.5) is 13.2 Å². The Balaban J connectivity index is 1.93. The summed E-state index contributed by atoms with van der Waals surface area (Å²) in [6.45, 7) is 1.45. The number of methoxy groups -OCH3 is 1. The quantitative estimate of drug-likeness (QED) is 0.348. The van der Waals surface area contributed by atoms with E-state index in [-0.39, 0.29) is 46.1 Å². The highest BCUT2D eigenvalue weighted by Gasteiger charge is 2.20. The lowest BCUT2D eigenvalue weighted by molar-refractivity contribution is 0.0593. The van der Waals surface area contributed by atoms with Crippen LogP contribution in [-0.4, -0.2) is 37.4 Å². The molecule has 0 radical (unpaired) electrons. The van der Waals surface area contributed by atoms with Gasteiger partial charge in [0.1, 0.15) is 17.3 Å². The molecule has 0 amide bonds. The minimum Gasteiger partial charge on any atom is -0.464 e. The Labute approximate surface area is 178 Å². The Hall–Kier alpha value is -3.53. The fourth-order valence-electron chi connectivity index (χ4n) is 3.01. The van der Waals surface area contributed by atoms with Gasteiger partial charge in [-0.15, -0.1) is 0 Å². The molecule has 1 aromatic carbocycles. The number of nitrogens with zero attached hydrogens (tertiary/aromatic N) is 5. The summed E-state index contributed by atoms with van der Waals surface area (Å²) in [6, 6.07) is 2.16. The number of halogens is 4. The SMILES string of the molecule is COC(=O)c1cnc2c(Cc3cc(F)c(C)cc3F)nc(-c3ncc(F)c(Cl)n3)cn12. The summed E-state index contributed by atoms with van der Waals surface area (Å²) in [5, 5.41) is -0.418. The van der Waals surface area contributed by atoms with Crippen molar-refractivity contribution < 1.29 is 22.7 Å². The van der Waals surface area contributed by atoms with E-state index >= 15 is 0 Å². The Bertz CT molecular complexity index is 1340. The van der Waals surface area contributed by atoms with Crippen molar-refractivity contribution in [1.82, 2.24) is 24.3 Å². The van der Waals surface area contributed by atoms with E-state index in [0.29, 0.717) is 0 Å². The second kappa shape index (κ2) is 7.95. The number of hydrogen-bond donors (Lipinski definition) is 0. The molecule has 0 aliphatic heterocycles. The number of aromatic nitrogens is 5. The number of hydrogen-bond acceptors (Lipinski definition) is 6. The third-order valence-corrected chi connectivity index (χ3v) is 4.84. The van der Waals surface area contributed by atoms with Crippen molar-refractivity contribution in [1.29, 1.82) is 0 Å². The zero-order valence-electron chi connectivity index (χ0n) is 16.2. The molecule has 0 saturated heterocycles. The number of rotatable bonds is 4. The molecule has 0 aliphatic rings. The maximum atomic E-state index is 14.4. The number of esters is 1. The van der Waals surface area contributed by atoms with Crippen molar-refractivity contribution in [2.45, 2.75) is 13.3 Å². The number of ether oxygens (including phenoxy) is 1. The van der Waals surface area contributed by atoms with E-state index in [2.05, 4.69) is 19.9 Å². The first-order valence-electron chi connectivity index (χ1n) is 8.86. The molecule has 0 unspecified atom stereocenters. The van der Waals surface area contributed by atoms with Gasteiger partial charge in [-0.25, -0.2) is 37.9 Å². The zero-order chi connectivity index (χ0) is 22.3.